The molecule has 88 valence electrons. The lowest BCUT2D eigenvalue weighted by molar-refractivity contribution is -0.186. The molecule has 2 rings (SSSR count). The van der Waals surface area contributed by atoms with E-state index in [1.54, 1.807) is 13.8 Å². The van der Waals surface area contributed by atoms with E-state index in [1.807, 2.05) is 0 Å². The van der Waals surface area contributed by atoms with Crippen molar-refractivity contribution >= 4 is 0 Å². The summed E-state index contributed by atoms with van der Waals surface area (Å²) in [7, 11) is 1.46. The van der Waals surface area contributed by atoms with Crippen LogP contribution in [0.3, 0.4) is 0 Å². The lowest BCUT2D eigenvalue weighted by atomic mass is 9.66. The summed E-state index contributed by atoms with van der Waals surface area (Å²) in [6.45, 7) is 3.40. The second-order valence-electron chi connectivity index (χ2n) is 4.98. The molecule has 1 aliphatic heterocycles. The zero-order chi connectivity index (χ0) is 11.4. The zero-order valence-electron chi connectivity index (χ0n) is 9.17. The Hall–Kier alpha value is -0.200. The van der Waals surface area contributed by atoms with Crippen molar-refractivity contribution in [1.82, 2.24) is 0 Å². The molecule has 1 saturated heterocycles. The number of rotatable bonds is 1. The second kappa shape index (κ2) is 3.15. The van der Waals surface area contributed by atoms with Crippen LogP contribution in [0.1, 0.15) is 20.3 Å². The van der Waals surface area contributed by atoms with Gasteiger partial charge in [0, 0.05) is 13.5 Å². The van der Waals surface area contributed by atoms with E-state index >= 15 is 0 Å². The van der Waals surface area contributed by atoms with E-state index < -0.39 is 35.6 Å². The maximum atomic E-state index is 10.1. The van der Waals surface area contributed by atoms with Crippen molar-refractivity contribution < 1.29 is 24.8 Å². The van der Waals surface area contributed by atoms with Gasteiger partial charge in [-0.15, -0.1) is 0 Å². The van der Waals surface area contributed by atoms with Gasteiger partial charge in [-0.25, -0.2) is 0 Å². The highest BCUT2D eigenvalue weighted by atomic mass is 16.7. The number of hydrogen-bond acceptors (Lipinski definition) is 5. The minimum absolute atomic E-state index is 0.213. The molecule has 1 aliphatic carbocycles. The van der Waals surface area contributed by atoms with Gasteiger partial charge in [-0.1, -0.05) is 0 Å². The summed E-state index contributed by atoms with van der Waals surface area (Å²) in [5, 5.41) is 29.8. The van der Waals surface area contributed by atoms with Gasteiger partial charge < -0.3 is 24.8 Å². The Morgan fingerprint density at radius 1 is 1.27 bits per heavy atom. The highest BCUT2D eigenvalue weighted by Gasteiger charge is 2.67. The minimum atomic E-state index is -1.03. The van der Waals surface area contributed by atoms with Gasteiger partial charge in [0.15, 0.2) is 6.29 Å². The molecule has 1 heterocycles. The van der Waals surface area contributed by atoms with Gasteiger partial charge >= 0.3 is 0 Å². The second-order valence-corrected chi connectivity index (χ2v) is 4.98. The third-order valence-corrected chi connectivity index (χ3v) is 3.88. The maximum absolute atomic E-state index is 10.1. The van der Waals surface area contributed by atoms with Gasteiger partial charge in [-0.05, 0) is 13.8 Å². The fourth-order valence-corrected chi connectivity index (χ4v) is 2.93. The van der Waals surface area contributed by atoms with Crippen molar-refractivity contribution in [2.45, 2.75) is 50.5 Å². The Balaban J connectivity index is 2.42. The van der Waals surface area contributed by atoms with Crippen molar-refractivity contribution in [2.24, 2.45) is 5.41 Å². The average Bonchev–Trinajstić information content (AvgIpc) is 2.34. The molecule has 3 N–H and O–H groups in total. The van der Waals surface area contributed by atoms with E-state index in [-0.39, 0.29) is 6.42 Å². The SMILES string of the molecule is COC1OC2(C)CC(O)C(O)C1(C)C2O. The molecule has 1 saturated carbocycles. The number of methoxy groups -OCH3 is 1. The molecule has 2 bridgehead atoms. The normalized spacial score (nSPS) is 59.6. The van der Waals surface area contributed by atoms with E-state index in [0.29, 0.717) is 0 Å². The Morgan fingerprint density at radius 3 is 2.40 bits per heavy atom. The highest BCUT2D eigenvalue weighted by Crippen LogP contribution is 2.53. The molecule has 0 aromatic rings. The first kappa shape index (κ1) is 11.3. The summed E-state index contributed by atoms with van der Waals surface area (Å²) in [5.41, 5.74) is -1.81. The van der Waals surface area contributed by atoms with Crippen LogP contribution < -0.4 is 0 Å². The van der Waals surface area contributed by atoms with Gasteiger partial charge in [-0.2, -0.15) is 0 Å². The number of aliphatic hydroxyl groups excluding tert-OH is 3. The molecule has 0 aromatic heterocycles. The molecule has 2 aliphatic rings. The molecule has 0 radical (unpaired) electrons. The Morgan fingerprint density at radius 2 is 1.87 bits per heavy atom. The summed E-state index contributed by atoms with van der Waals surface area (Å²) in [6.07, 6.45) is -3.24. The smallest absolute Gasteiger partial charge is 0.168 e. The standard InChI is InChI=1S/C10H18O5/c1-9-4-5(11)6(12)10(2,7(9)13)8(14-3)15-9/h5-8,11-13H,4H2,1-3H3. The first-order valence-electron chi connectivity index (χ1n) is 5.11. The van der Waals surface area contributed by atoms with Crippen molar-refractivity contribution in [1.29, 1.82) is 0 Å². The molecule has 0 amide bonds. The van der Waals surface area contributed by atoms with Crippen LogP contribution in [0.5, 0.6) is 0 Å². The van der Waals surface area contributed by atoms with E-state index in [9.17, 15) is 15.3 Å². The van der Waals surface area contributed by atoms with E-state index in [4.69, 9.17) is 9.47 Å². The van der Waals surface area contributed by atoms with E-state index in [0.717, 1.165) is 0 Å². The molecule has 2 fully saturated rings. The highest BCUT2D eigenvalue weighted by molar-refractivity contribution is 5.13. The molecule has 6 unspecified atom stereocenters. The van der Waals surface area contributed by atoms with Crippen LogP contribution in [-0.4, -0.2) is 52.6 Å². The number of fused-ring (bicyclic) bond motifs is 2. The van der Waals surface area contributed by atoms with Crippen molar-refractivity contribution in [3.8, 4) is 0 Å². The predicted octanol–water partition coefficient (Wildman–Crippen LogP) is -0.760. The molecule has 15 heavy (non-hydrogen) atoms. The summed E-state index contributed by atoms with van der Waals surface area (Å²) < 4.78 is 10.7. The average molecular weight is 218 g/mol. The van der Waals surface area contributed by atoms with Crippen LogP contribution in [-0.2, 0) is 9.47 Å². The first-order chi connectivity index (χ1) is 6.86. The molecular formula is C10H18O5. The van der Waals surface area contributed by atoms with Crippen LogP contribution >= 0.6 is 0 Å². The van der Waals surface area contributed by atoms with Crippen LogP contribution in [0.4, 0.5) is 0 Å². The predicted molar refractivity (Wildman–Crippen MR) is 51.0 cm³/mol. The largest absolute Gasteiger partial charge is 0.390 e. The van der Waals surface area contributed by atoms with Gasteiger partial charge in [0.2, 0.25) is 0 Å². The molecule has 6 atom stereocenters. The third kappa shape index (κ3) is 1.21. The fourth-order valence-electron chi connectivity index (χ4n) is 2.93. The molecular weight excluding hydrogens is 200 g/mol. The van der Waals surface area contributed by atoms with Crippen molar-refractivity contribution in [2.75, 3.05) is 7.11 Å². The maximum Gasteiger partial charge on any atom is 0.168 e. The lowest BCUT2D eigenvalue weighted by Crippen LogP contribution is -2.60. The topological polar surface area (TPSA) is 79.2 Å². The summed E-state index contributed by atoms with van der Waals surface area (Å²) in [4.78, 5) is 0. The number of ether oxygens (including phenoxy) is 2. The number of aliphatic hydroxyl groups is 3. The number of hydrogen-bond donors (Lipinski definition) is 3. The van der Waals surface area contributed by atoms with Crippen LogP contribution in [0.15, 0.2) is 0 Å². The molecule has 5 heteroatoms. The monoisotopic (exact) mass is 218 g/mol. The van der Waals surface area contributed by atoms with Crippen LogP contribution in [0, 0.1) is 5.41 Å². The molecule has 0 spiro atoms. The zero-order valence-corrected chi connectivity index (χ0v) is 9.17. The fraction of sp³-hybridized carbons (Fsp3) is 1.00. The van der Waals surface area contributed by atoms with Gasteiger partial charge in [-0.3, -0.25) is 0 Å². The van der Waals surface area contributed by atoms with Crippen LogP contribution in [0.25, 0.3) is 0 Å². The molecule has 5 nitrogen and oxygen atoms in total. The van der Waals surface area contributed by atoms with Gasteiger partial charge in [0.1, 0.15) is 0 Å². The summed E-state index contributed by atoms with van der Waals surface area (Å²) in [6, 6.07) is 0. The van der Waals surface area contributed by atoms with Gasteiger partial charge in [0.25, 0.3) is 0 Å². The summed E-state index contributed by atoms with van der Waals surface area (Å²) in [5.74, 6) is 0. The quantitative estimate of drug-likeness (QED) is 0.539. The van der Waals surface area contributed by atoms with E-state index in [1.165, 1.54) is 7.11 Å². The summed E-state index contributed by atoms with van der Waals surface area (Å²) >= 11 is 0. The minimum Gasteiger partial charge on any atom is -0.390 e. The van der Waals surface area contributed by atoms with Crippen molar-refractivity contribution in [3.63, 3.8) is 0 Å². The van der Waals surface area contributed by atoms with E-state index in [2.05, 4.69) is 0 Å². The van der Waals surface area contributed by atoms with Gasteiger partial charge in [0.05, 0.1) is 29.3 Å². The first-order valence-corrected chi connectivity index (χ1v) is 5.11. The third-order valence-electron chi connectivity index (χ3n) is 3.88. The Labute approximate surface area is 88.6 Å². The Kier molecular flexibility index (Phi) is 2.37. The molecule has 0 aromatic carbocycles. The van der Waals surface area contributed by atoms with Crippen molar-refractivity contribution in [3.05, 3.63) is 0 Å². The Bertz CT molecular complexity index is 271. The van der Waals surface area contributed by atoms with Crippen LogP contribution in [0.2, 0.25) is 0 Å². The lowest BCUT2D eigenvalue weighted by Gasteiger charge is -2.44.